The second-order valence-electron chi connectivity index (χ2n) is 7.31. The maximum absolute atomic E-state index is 6.25. The van der Waals surface area contributed by atoms with Crippen molar-refractivity contribution in [1.82, 2.24) is 5.32 Å². The van der Waals surface area contributed by atoms with Gasteiger partial charge in [0, 0.05) is 34.8 Å². The molecule has 0 atom stereocenters. The molecule has 25 heavy (non-hydrogen) atoms. The first-order valence-corrected chi connectivity index (χ1v) is 8.63. The minimum Gasteiger partial charge on any atom is -0.496 e. The average Bonchev–Trinajstić information content (AvgIpc) is 2.52. The Bertz CT molecular complexity index is 596. The van der Waals surface area contributed by atoms with Gasteiger partial charge in [-0.25, -0.2) is 0 Å². The van der Waals surface area contributed by atoms with Gasteiger partial charge in [-0.05, 0) is 51.8 Å². The number of aliphatic imine (C=N–C) groups is 1. The predicted octanol–water partition coefficient (Wildman–Crippen LogP) is 3.72. The number of guanidine groups is 1. The van der Waals surface area contributed by atoms with E-state index >= 15 is 0 Å². The van der Waals surface area contributed by atoms with Crippen LogP contribution in [0.25, 0.3) is 0 Å². The van der Waals surface area contributed by atoms with Crippen molar-refractivity contribution in [3.63, 3.8) is 0 Å². The van der Waals surface area contributed by atoms with Crippen molar-refractivity contribution in [3.05, 3.63) is 28.8 Å². The van der Waals surface area contributed by atoms with Gasteiger partial charge in [0.15, 0.2) is 5.96 Å². The van der Waals surface area contributed by atoms with Gasteiger partial charge in [-0.2, -0.15) is 0 Å². The first kappa shape index (κ1) is 22.3. The van der Waals surface area contributed by atoms with E-state index in [2.05, 4.69) is 31.1 Å². The zero-order valence-electron chi connectivity index (χ0n) is 15.4. The molecule has 142 valence electrons. The molecular weight excluding hydrogens is 453 g/mol. The van der Waals surface area contributed by atoms with Gasteiger partial charge in [0.1, 0.15) is 5.75 Å². The molecule has 1 aromatic rings. The second-order valence-corrected chi connectivity index (χ2v) is 7.75. The first-order valence-electron chi connectivity index (χ1n) is 8.26. The van der Waals surface area contributed by atoms with Crippen LogP contribution in [-0.2, 0) is 10.2 Å². The molecule has 1 aliphatic rings. The average molecular weight is 482 g/mol. The standard InChI is InChI=1S/C18H28ClN3O2.HI/c1-17(2,3)22-16(20)21-12-18(7-9-24-10-8-18)14-11-13(19)5-6-15(14)23-4;/h5-6,11H,7-10,12H2,1-4H3,(H3,20,21,22);1H. The predicted molar refractivity (Wildman–Crippen MR) is 115 cm³/mol. The molecule has 1 fully saturated rings. The van der Waals surface area contributed by atoms with Crippen LogP contribution >= 0.6 is 35.6 Å². The summed E-state index contributed by atoms with van der Waals surface area (Å²) in [5.74, 6) is 1.29. The number of hydrogen-bond acceptors (Lipinski definition) is 3. The number of benzene rings is 1. The van der Waals surface area contributed by atoms with Gasteiger partial charge in [0.25, 0.3) is 0 Å². The number of halogens is 2. The molecule has 1 saturated heterocycles. The van der Waals surface area contributed by atoms with Crippen molar-refractivity contribution >= 4 is 41.5 Å². The van der Waals surface area contributed by atoms with Crippen LogP contribution in [0.1, 0.15) is 39.2 Å². The number of methoxy groups -OCH3 is 1. The van der Waals surface area contributed by atoms with Crippen molar-refractivity contribution in [2.45, 2.75) is 44.6 Å². The van der Waals surface area contributed by atoms with Crippen molar-refractivity contribution in [1.29, 1.82) is 0 Å². The Hall–Kier alpha value is -0.730. The van der Waals surface area contributed by atoms with Gasteiger partial charge in [0.2, 0.25) is 0 Å². The Labute approximate surface area is 172 Å². The molecule has 0 unspecified atom stereocenters. The summed E-state index contributed by atoms with van der Waals surface area (Å²) in [7, 11) is 1.68. The fourth-order valence-electron chi connectivity index (χ4n) is 3.03. The van der Waals surface area contributed by atoms with Gasteiger partial charge in [-0.1, -0.05) is 11.6 Å². The zero-order chi connectivity index (χ0) is 17.8. The van der Waals surface area contributed by atoms with Crippen molar-refractivity contribution < 1.29 is 9.47 Å². The van der Waals surface area contributed by atoms with E-state index in [0.717, 1.165) is 24.2 Å². The molecule has 0 saturated carbocycles. The highest BCUT2D eigenvalue weighted by Gasteiger charge is 2.37. The molecule has 0 amide bonds. The molecule has 0 bridgehead atoms. The Morgan fingerprint density at radius 1 is 1.36 bits per heavy atom. The monoisotopic (exact) mass is 481 g/mol. The van der Waals surface area contributed by atoms with E-state index in [-0.39, 0.29) is 34.9 Å². The number of nitrogens with zero attached hydrogens (tertiary/aromatic N) is 1. The summed E-state index contributed by atoms with van der Waals surface area (Å²) in [6.07, 6.45) is 1.71. The maximum atomic E-state index is 6.25. The number of nitrogens with two attached hydrogens (primary N) is 1. The third-order valence-corrected chi connectivity index (χ3v) is 4.47. The fraction of sp³-hybridized carbons (Fsp3) is 0.611. The third kappa shape index (κ3) is 6.18. The highest BCUT2D eigenvalue weighted by atomic mass is 127. The maximum Gasteiger partial charge on any atom is 0.189 e. The number of rotatable bonds is 4. The summed E-state index contributed by atoms with van der Waals surface area (Å²) in [4.78, 5) is 4.62. The summed E-state index contributed by atoms with van der Waals surface area (Å²) >= 11 is 6.25. The van der Waals surface area contributed by atoms with Gasteiger partial charge in [-0.15, -0.1) is 24.0 Å². The molecule has 5 nitrogen and oxygen atoms in total. The molecule has 0 aliphatic carbocycles. The molecule has 7 heteroatoms. The van der Waals surface area contributed by atoms with E-state index in [1.54, 1.807) is 7.11 Å². The first-order chi connectivity index (χ1) is 11.3. The topological polar surface area (TPSA) is 68.9 Å². The van der Waals surface area contributed by atoms with E-state index < -0.39 is 0 Å². The Morgan fingerprint density at radius 3 is 2.56 bits per heavy atom. The Kier molecular flexibility index (Phi) is 8.28. The van der Waals surface area contributed by atoms with Crippen LogP contribution in [-0.4, -0.2) is 38.4 Å². The largest absolute Gasteiger partial charge is 0.496 e. The van der Waals surface area contributed by atoms with Crippen LogP contribution in [0.4, 0.5) is 0 Å². The van der Waals surface area contributed by atoms with Gasteiger partial charge >= 0.3 is 0 Å². The van der Waals surface area contributed by atoms with E-state index in [1.165, 1.54) is 0 Å². The lowest BCUT2D eigenvalue weighted by Gasteiger charge is -2.37. The van der Waals surface area contributed by atoms with Crippen molar-refractivity contribution in [2.75, 3.05) is 26.9 Å². The normalized spacial score (nSPS) is 17.6. The quantitative estimate of drug-likeness (QED) is 0.391. The summed E-state index contributed by atoms with van der Waals surface area (Å²) < 4.78 is 11.1. The van der Waals surface area contributed by atoms with E-state index in [9.17, 15) is 0 Å². The number of ether oxygens (including phenoxy) is 2. The highest BCUT2D eigenvalue weighted by molar-refractivity contribution is 14.0. The molecule has 2 rings (SSSR count). The van der Waals surface area contributed by atoms with E-state index in [0.29, 0.717) is 30.7 Å². The SMILES string of the molecule is COc1ccc(Cl)cc1C1(CN=C(N)NC(C)(C)C)CCOCC1.I. The lowest BCUT2D eigenvalue weighted by Crippen LogP contribution is -2.46. The highest BCUT2D eigenvalue weighted by Crippen LogP contribution is 2.41. The van der Waals surface area contributed by atoms with Crippen molar-refractivity contribution in [2.24, 2.45) is 10.7 Å². The Morgan fingerprint density at radius 2 is 2.00 bits per heavy atom. The summed E-state index contributed by atoms with van der Waals surface area (Å²) in [5, 5.41) is 3.90. The summed E-state index contributed by atoms with van der Waals surface area (Å²) in [5.41, 5.74) is 6.84. The van der Waals surface area contributed by atoms with Crippen LogP contribution < -0.4 is 15.8 Å². The second kappa shape index (κ2) is 9.28. The van der Waals surface area contributed by atoms with Gasteiger partial charge in [0.05, 0.1) is 13.7 Å². The van der Waals surface area contributed by atoms with Crippen LogP contribution in [0.5, 0.6) is 5.75 Å². The van der Waals surface area contributed by atoms with Crippen molar-refractivity contribution in [3.8, 4) is 5.75 Å². The van der Waals surface area contributed by atoms with E-state index in [4.69, 9.17) is 26.8 Å². The number of nitrogens with one attached hydrogen (secondary N) is 1. The fourth-order valence-corrected chi connectivity index (χ4v) is 3.20. The molecule has 0 radical (unpaired) electrons. The van der Waals surface area contributed by atoms with Gasteiger partial charge < -0.3 is 20.5 Å². The molecule has 0 spiro atoms. The van der Waals surface area contributed by atoms with Gasteiger partial charge in [-0.3, -0.25) is 4.99 Å². The molecule has 0 aromatic heterocycles. The Balaban J connectivity index is 0.00000312. The van der Waals surface area contributed by atoms with Crippen LogP contribution in [0.2, 0.25) is 5.02 Å². The minimum atomic E-state index is -0.182. The zero-order valence-corrected chi connectivity index (χ0v) is 18.5. The summed E-state index contributed by atoms with van der Waals surface area (Å²) in [6, 6.07) is 5.74. The van der Waals surface area contributed by atoms with E-state index in [1.807, 2.05) is 18.2 Å². The number of hydrogen-bond donors (Lipinski definition) is 2. The summed E-state index contributed by atoms with van der Waals surface area (Å²) in [6.45, 7) is 8.12. The lowest BCUT2D eigenvalue weighted by molar-refractivity contribution is 0.0523. The van der Waals surface area contributed by atoms with Crippen LogP contribution in [0.3, 0.4) is 0 Å². The lowest BCUT2D eigenvalue weighted by atomic mass is 9.73. The van der Waals surface area contributed by atoms with Crippen LogP contribution in [0, 0.1) is 0 Å². The minimum absolute atomic E-state index is 0. The third-order valence-electron chi connectivity index (χ3n) is 4.24. The van der Waals surface area contributed by atoms with Crippen LogP contribution in [0.15, 0.2) is 23.2 Å². The molecule has 3 N–H and O–H groups in total. The molecular formula is C18H29ClIN3O2. The molecule has 1 aromatic carbocycles. The smallest absolute Gasteiger partial charge is 0.189 e. The molecule has 1 aliphatic heterocycles. The molecule has 1 heterocycles.